The van der Waals surface area contributed by atoms with Crippen molar-refractivity contribution in [2.24, 2.45) is 10.9 Å². The molecule has 0 atom stereocenters. The van der Waals surface area contributed by atoms with Crippen molar-refractivity contribution >= 4 is 40.8 Å². The molecule has 0 radical (unpaired) electrons. The maximum absolute atomic E-state index is 11.5. The predicted molar refractivity (Wildman–Crippen MR) is 71.5 cm³/mol. The SMILES string of the molecule is NC(CCNC(=O)Nc1cc(Cl)ccc1Cl)=NO. The van der Waals surface area contributed by atoms with Gasteiger partial charge in [-0.1, -0.05) is 28.4 Å². The van der Waals surface area contributed by atoms with Crippen LogP contribution in [-0.4, -0.2) is 23.6 Å². The van der Waals surface area contributed by atoms with E-state index in [0.29, 0.717) is 15.7 Å². The molecule has 0 saturated carbocycles. The largest absolute Gasteiger partial charge is 0.409 e. The Labute approximate surface area is 114 Å². The summed E-state index contributed by atoms with van der Waals surface area (Å²) in [5.74, 6) is 0.0380. The van der Waals surface area contributed by atoms with Crippen molar-refractivity contribution in [1.29, 1.82) is 0 Å². The van der Waals surface area contributed by atoms with Gasteiger partial charge in [0.15, 0.2) is 0 Å². The van der Waals surface area contributed by atoms with Gasteiger partial charge in [-0.15, -0.1) is 0 Å². The molecule has 18 heavy (non-hydrogen) atoms. The van der Waals surface area contributed by atoms with E-state index in [0.717, 1.165) is 0 Å². The van der Waals surface area contributed by atoms with Gasteiger partial charge < -0.3 is 21.6 Å². The number of hydrogen-bond donors (Lipinski definition) is 4. The van der Waals surface area contributed by atoms with Gasteiger partial charge in [0, 0.05) is 18.0 Å². The summed E-state index contributed by atoms with van der Waals surface area (Å²) in [7, 11) is 0. The smallest absolute Gasteiger partial charge is 0.319 e. The number of benzene rings is 1. The quantitative estimate of drug-likeness (QED) is 0.296. The number of oxime groups is 1. The van der Waals surface area contributed by atoms with Crippen LogP contribution >= 0.6 is 23.2 Å². The highest BCUT2D eigenvalue weighted by molar-refractivity contribution is 6.35. The number of amidine groups is 1. The van der Waals surface area contributed by atoms with E-state index < -0.39 is 6.03 Å². The van der Waals surface area contributed by atoms with E-state index >= 15 is 0 Å². The molecule has 6 nitrogen and oxygen atoms in total. The van der Waals surface area contributed by atoms with Crippen LogP contribution in [0.5, 0.6) is 0 Å². The van der Waals surface area contributed by atoms with Gasteiger partial charge in [0.1, 0.15) is 5.84 Å². The first-order valence-electron chi connectivity index (χ1n) is 4.99. The van der Waals surface area contributed by atoms with Crippen LogP contribution in [0.15, 0.2) is 23.4 Å². The number of hydrogen-bond acceptors (Lipinski definition) is 3. The fourth-order valence-corrected chi connectivity index (χ4v) is 1.45. The number of amides is 2. The van der Waals surface area contributed by atoms with E-state index in [1.54, 1.807) is 12.1 Å². The second-order valence-electron chi connectivity index (χ2n) is 3.35. The first-order chi connectivity index (χ1) is 8.52. The number of nitrogens with two attached hydrogens (primary N) is 1. The topological polar surface area (TPSA) is 99.7 Å². The van der Waals surface area contributed by atoms with Gasteiger partial charge in [0.05, 0.1) is 10.7 Å². The maximum atomic E-state index is 11.5. The lowest BCUT2D eigenvalue weighted by Gasteiger charge is -2.08. The second kappa shape index (κ2) is 6.93. The fourth-order valence-electron chi connectivity index (χ4n) is 1.11. The van der Waals surface area contributed by atoms with Gasteiger partial charge in [-0.3, -0.25) is 0 Å². The molecule has 98 valence electrons. The van der Waals surface area contributed by atoms with Crippen LogP contribution in [0.1, 0.15) is 6.42 Å². The van der Waals surface area contributed by atoms with Crippen LogP contribution in [0.2, 0.25) is 10.0 Å². The normalized spacial score (nSPS) is 11.1. The molecule has 5 N–H and O–H groups in total. The van der Waals surface area contributed by atoms with E-state index in [1.165, 1.54) is 6.07 Å². The zero-order valence-electron chi connectivity index (χ0n) is 9.28. The monoisotopic (exact) mass is 290 g/mol. The Morgan fingerprint density at radius 2 is 2.17 bits per heavy atom. The zero-order chi connectivity index (χ0) is 13.5. The zero-order valence-corrected chi connectivity index (χ0v) is 10.8. The second-order valence-corrected chi connectivity index (χ2v) is 4.19. The number of rotatable bonds is 4. The van der Waals surface area contributed by atoms with E-state index in [-0.39, 0.29) is 18.8 Å². The van der Waals surface area contributed by atoms with E-state index in [9.17, 15) is 4.79 Å². The molecule has 1 rings (SSSR count). The Morgan fingerprint density at radius 1 is 1.44 bits per heavy atom. The molecule has 0 aromatic heterocycles. The van der Waals surface area contributed by atoms with Crippen LogP contribution in [0, 0.1) is 0 Å². The highest BCUT2D eigenvalue weighted by Crippen LogP contribution is 2.25. The lowest BCUT2D eigenvalue weighted by Crippen LogP contribution is -2.31. The Kier molecular flexibility index (Phi) is 5.54. The van der Waals surface area contributed by atoms with E-state index in [1.807, 2.05) is 0 Å². The Hall–Kier alpha value is -1.66. The van der Waals surface area contributed by atoms with Crippen LogP contribution < -0.4 is 16.4 Å². The van der Waals surface area contributed by atoms with Crippen molar-refractivity contribution in [3.05, 3.63) is 28.2 Å². The van der Waals surface area contributed by atoms with E-state index in [2.05, 4.69) is 15.8 Å². The lowest BCUT2D eigenvalue weighted by atomic mass is 10.3. The minimum atomic E-state index is -0.454. The van der Waals surface area contributed by atoms with Crippen LogP contribution in [-0.2, 0) is 0 Å². The number of nitrogens with zero attached hydrogens (tertiary/aromatic N) is 1. The van der Waals surface area contributed by atoms with Crippen LogP contribution in [0.3, 0.4) is 0 Å². The molecule has 2 amide bonds. The summed E-state index contributed by atoms with van der Waals surface area (Å²) in [5, 5.41) is 17.0. The molecule has 0 aliphatic carbocycles. The highest BCUT2D eigenvalue weighted by atomic mass is 35.5. The highest BCUT2D eigenvalue weighted by Gasteiger charge is 2.06. The molecule has 0 fully saturated rings. The summed E-state index contributed by atoms with van der Waals surface area (Å²) in [6.45, 7) is 0.236. The molecular weight excluding hydrogens is 279 g/mol. The lowest BCUT2D eigenvalue weighted by molar-refractivity contribution is 0.252. The van der Waals surface area contributed by atoms with Crippen molar-refractivity contribution in [3.8, 4) is 0 Å². The van der Waals surface area contributed by atoms with Gasteiger partial charge in [-0.2, -0.15) is 0 Å². The molecule has 1 aromatic rings. The molecule has 0 unspecified atom stereocenters. The summed E-state index contributed by atoms with van der Waals surface area (Å²) in [4.78, 5) is 11.5. The van der Waals surface area contributed by atoms with Gasteiger partial charge in [0.25, 0.3) is 0 Å². The van der Waals surface area contributed by atoms with Crippen LogP contribution in [0.4, 0.5) is 10.5 Å². The van der Waals surface area contributed by atoms with Crippen molar-refractivity contribution in [2.75, 3.05) is 11.9 Å². The number of halogens is 2. The Balaban J connectivity index is 2.47. The molecule has 0 bridgehead atoms. The van der Waals surface area contributed by atoms with Crippen molar-refractivity contribution in [3.63, 3.8) is 0 Å². The molecule has 0 aliphatic rings. The molecular formula is C10H12Cl2N4O2. The average molecular weight is 291 g/mol. The number of anilines is 1. The fraction of sp³-hybridized carbons (Fsp3) is 0.200. The summed E-state index contributed by atoms with van der Waals surface area (Å²) < 4.78 is 0. The Morgan fingerprint density at radius 3 is 2.83 bits per heavy atom. The maximum Gasteiger partial charge on any atom is 0.319 e. The summed E-state index contributed by atoms with van der Waals surface area (Å²) in [5.41, 5.74) is 5.65. The summed E-state index contributed by atoms with van der Waals surface area (Å²) in [6.07, 6.45) is 0.243. The summed E-state index contributed by atoms with van der Waals surface area (Å²) >= 11 is 11.6. The number of carbonyl (C=O) groups excluding carboxylic acids is 1. The van der Waals surface area contributed by atoms with Gasteiger partial charge in [-0.05, 0) is 18.2 Å². The molecule has 0 spiro atoms. The van der Waals surface area contributed by atoms with Crippen LogP contribution in [0.25, 0.3) is 0 Å². The van der Waals surface area contributed by atoms with Gasteiger partial charge >= 0.3 is 6.03 Å². The third-order valence-electron chi connectivity index (χ3n) is 1.97. The number of nitrogens with one attached hydrogen (secondary N) is 2. The molecule has 0 aliphatic heterocycles. The molecule has 0 heterocycles. The number of carbonyl (C=O) groups is 1. The molecule has 0 saturated heterocycles. The molecule has 1 aromatic carbocycles. The van der Waals surface area contributed by atoms with Crippen molar-refractivity contribution in [2.45, 2.75) is 6.42 Å². The van der Waals surface area contributed by atoms with E-state index in [4.69, 9.17) is 34.1 Å². The Bertz CT molecular complexity index is 465. The van der Waals surface area contributed by atoms with Gasteiger partial charge in [-0.25, -0.2) is 4.79 Å². The first kappa shape index (κ1) is 14.4. The third-order valence-corrected chi connectivity index (χ3v) is 2.54. The predicted octanol–water partition coefficient (Wildman–Crippen LogP) is 2.25. The van der Waals surface area contributed by atoms with Crippen molar-refractivity contribution < 1.29 is 10.0 Å². The first-order valence-corrected chi connectivity index (χ1v) is 5.75. The third kappa shape index (κ3) is 4.68. The standard InChI is InChI=1S/C10H12Cl2N4O2/c11-6-1-2-7(12)8(5-6)15-10(17)14-4-3-9(13)16-18/h1-2,5,18H,3-4H2,(H2,13,16)(H2,14,15,17). The molecule has 8 heteroatoms. The summed E-state index contributed by atoms with van der Waals surface area (Å²) in [6, 6.07) is 4.28. The minimum Gasteiger partial charge on any atom is -0.409 e. The number of urea groups is 1. The van der Waals surface area contributed by atoms with Gasteiger partial charge in [0.2, 0.25) is 0 Å². The van der Waals surface area contributed by atoms with Crippen molar-refractivity contribution in [1.82, 2.24) is 5.32 Å². The minimum absolute atomic E-state index is 0.0380. The average Bonchev–Trinajstić information content (AvgIpc) is 2.33.